The smallest absolute Gasteiger partial charge is 0.230 e. The quantitative estimate of drug-likeness (QED) is 0.531. The van der Waals surface area contributed by atoms with Crippen LogP contribution < -0.4 is 4.90 Å². The number of fused-ring (bicyclic) bond motifs is 2. The van der Waals surface area contributed by atoms with Crippen molar-refractivity contribution >= 4 is 22.5 Å². The lowest BCUT2D eigenvalue weighted by Crippen LogP contribution is -2.38. The number of aromatic amines is 2. The molecule has 2 aliphatic rings. The molecule has 176 valence electrons. The van der Waals surface area contributed by atoms with Gasteiger partial charge in [-0.1, -0.05) is 19.9 Å². The number of methoxy groups -OCH3 is 1. The molecule has 2 N–H and O–H groups in total. The molecule has 0 atom stereocenters. The average Bonchev–Trinajstić information content (AvgIpc) is 3.41. The molecular weight excluding hydrogens is 412 g/mol. The van der Waals surface area contributed by atoms with E-state index in [-0.39, 0.29) is 11.8 Å². The summed E-state index contributed by atoms with van der Waals surface area (Å²) in [4.78, 5) is 18.9. The summed E-state index contributed by atoms with van der Waals surface area (Å²) in [6, 6.07) is 8.48. The number of amides is 1. The second kappa shape index (κ2) is 8.64. The molecule has 33 heavy (non-hydrogen) atoms. The first kappa shape index (κ1) is 22.2. The predicted molar refractivity (Wildman–Crippen MR) is 132 cm³/mol. The maximum absolute atomic E-state index is 13.3. The Bertz CT molecular complexity index is 1150. The van der Waals surface area contributed by atoms with Crippen LogP contribution in [0.1, 0.15) is 64.1 Å². The number of carbonyl (C=O) groups excluding carboxylic acids is 1. The first-order valence-electron chi connectivity index (χ1n) is 12.4. The van der Waals surface area contributed by atoms with Crippen LogP contribution in [-0.2, 0) is 22.4 Å². The van der Waals surface area contributed by atoms with Crippen molar-refractivity contribution in [2.24, 2.45) is 11.3 Å². The minimum atomic E-state index is 0.0890. The number of rotatable bonds is 5. The molecule has 1 aromatic carbocycles. The van der Waals surface area contributed by atoms with E-state index in [2.05, 4.69) is 60.2 Å². The van der Waals surface area contributed by atoms with E-state index in [0.29, 0.717) is 18.1 Å². The Balaban J connectivity index is 1.39. The summed E-state index contributed by atoms with van der Waals surface area (Å²) in [5.41, 5.74) is 7.03. The number of nitrogens with one attached hydrogen (secondary N) is 2. The van der Waals surface area contributed by atoms with Gasteiger partial charge in [0, 0.05) is 47.4 Å². The summed E-state index contributed by atoms with van der Waals surface area (Å²) >= 11 is 0. The standard InChI is InChI=1S/C27H36N4O2/c1-5-31(26(32)17-7-10-20(33-4)11-8-17)19-9-6-18-14-23(28-22(18)15-19)25-21-12-13-27(2,3)16-24(21)29-30-25/h6,9,14-15,17,20,28H,5,7-8,10-13,16H2,1-4H3,(H,29,30)/t17-,20+. The molecule has 0 spiro atoms. The van der Waals surface area contributed by atoms with Gasteiger partial charge in [0.15, 0.2) is 0 Å². The van der Waals surface area contributed by atoms with E-state index in [1.54, 1.807) is 7.11 Å². The highest BCUT2D eigenvalue weighted by atomic mass is 16.5. The maximum Gasteiger partial charge on any atom is 0.230 e. The number of anilines is 1. The van der Waals surface area contributed by atoms with E-state index in [0.717, 1.165) is 66.5 Å². The lowest BCUT2D eigenvalue weighted by Gasteiger charge is -2.31. The zero-order valence-corrected chi connectivity index (χ0v) is 20.3. The molecule has 0 radical (unpaired) electrons. The van der Waals surface area contributed by atoms with Crippen LogP contribution in [0.4, 0.5) is 5.69 Å². The van der Waals surface area contributed by atoms with Crippen LogP contribution in [0.2, 0.25) is 0 Å². The minimum absolute atomic E-state index is 0.0890. The van der Waals surface area contributed by atoms with Gasteiger partial charge in [-0.3, -0.25) is 9.89 Å². The molecule has 1 amide bonds. The van der Waals surface area contributed by atoms with E-state index < -0.39 is 0 Å². The lowest BCUT2D eigenvalue weighted by atomic mass is 9.76. The van der Waals surface area contributed by atoms with Gasteiger partial charge in [0.1, 0.15) is 5.69 Å². The van der Waals surface area contributed by atoms with Crippen LogP contribution in [-0.4, -0.2) is 40.8 Å². The normalized spacial score (nSPS) is 22.3. The molecule has 0 unspecified atom stereocenters. The van der Waals surface area contributed by atoms with Gasteiger partial charge in [-0.25, -0.2) is 0 Å². The number of benzene rings is 1. The second-order valence-corrected chi connectivity index (χ2v) is 10.6. The van der Waals surface area contributed by atoms with Gasteiger partial charge < -0.3 is 14.6 Å². The Morgan fingerprint density at radius 1 is 1.21 bits per heavy atom. The number of carbonyl (C=O) groups is 1. The zero-order valence-electron chi connectivity index (χ0n) is 20.3. The largest absolute Gasteiger partial charge is 0.381 e. The summed E-state index contributed by atoms with van der Waals surface area (Å²) in [7, 11) is 1.77. The monoisotopic (exact) mass is 448 g/mol. The Morgan fingerprint density at radius 3 is 2.73 bits per heavy atom. The molecule has 2 aliphatic carbocycles. The third-order valence-electron chi connectivity index (χ3n) is 7.77. The van der Waals surface area contributed by atoms with Gasteiger partial charge in [0.2, 0.25) is 5.91 Å². The molecule has 3 aromatic rings. The van der Waals surface area contributed by atoms with Gasteiger partial charge in [0.25, 0.3) is 0 Å². The molecule has 1 saturated carbocycles. The van der Waals surface area contributed by atoms with E-state index in [1.807, 2.05) is 4.90 Å². The molecule has 0 bridgehead atoms. The van der Waals surface area contributed by atoms with Crippen molar-refractivity contribution in [2.45, 2.75) is 71.8 Å². The fourth-order valence-electron chi connectivity index (χ4n) is 5.71. The first-order valence-corrected chi connectivity index (χ1v) is 12.4. The average molecular weight is 449 g/mol. The van der Waals surface area contributed by atoms with Crippen LogP contribution in [0, 0.1) is 11.3 Å². The van der Waals surface area contributed by atoms with Gasteiger partial charge in [-0.2, -0.15) is 5.10 Å². The van der Waals surface area contributed by atoms with Crippen LogP contribution in [0.25, 0.3) is 22.3 Å². The highest BCUT2D eigenvalue weighted by Gasteiger charge is 2.31. The summed E-state index contributed by atoms with van der Waals surface area (Å²) in [6.45, 7) is 7.38. The van der Waals surface area contributed by atoms with Crippen molar-refractivity contribution in [2.75, 3.05) is 18.6 Å². The van der Waals surface area contributed by atoms with Crippen molar-refractivity contribution < 1.29 is 9.53 Å². The highest BCUT2D eigenvalue weighted by molar-refractivity contribution is 5.98. The Morgan fingerprint density at radius 2 is 2.00 bits per heavy atom. The maximum atomic E-state index is 13.3. The number of hydrogen-bond acceptors (Lipinski definition) is 3. The summed E-state index contributed by atoms with van der Waals surface area (Å²) in [6.07, 6.45) is 7.32. The number of nitrogens with zero attached hydrogens (tertiary/aromatic N) is 2. The molecule has 0 saturated heterocycles. The van der Waals surface area contributed by atoms with E-state index in [1.165, 1.54) is 17.7 Å². The predicted octanol–water partition coefficient (Wildman–Crippen LogP) is 5.63. The van der Waals surface area contributed by atoms with Crippen LogP contribution in [0.5, 0.6) is 0 Å². The van der Waals surface area contributed by atoms with Crippen molar-refractivity contribution in [3.05, 3.63) is 35.5 Å². The topological polar surface area (TPSA) is 74.0 Å². The number of H-pyrrole nitrogens is 2. The Hall–Kier alpha value is -2.60. The van der Waals surface area contributed by atoms with Crippen LogP contribution in [0.15, 0.2) is 24.3 Å². The van der Waals surface area contributed by atoms with Gasteiger partial charge >= 0.3 is 0 Å². The van der Waals surface area contributed by atoms with E-state index >= 15 is 0 Å². The summed E-state index contributed by atoms with van der Waals surface area (Å²) < 4.78 is 5.48. The van der Waals surface area contributed by atoms with Crippen molar-refractivity contribution in [3.8, 4) is 11.4 Å². The van der Waals surface area contributed by atoms with E-state index in [9.17, 15) is 4.79 Å². The Labute approximate surface area is 196 Å². The molecule has 2 heterocycles. The van der Waals surface area contributed by atoms with Gasteiger partial charge in [-0.15, -0.1) is 0 Å². The summed E-state index contributed by atoms with van der Waals surface area (Å²) in [5, 5.41) is 9.11. The minimum Gasteiger partial charge on any atom is -0.381 e. The SMILES string of the molecule is CCN(c1ccc2cc(-c3n[nH]c4c3CCC(C)(C)C4)[nH]c2c1)C(=O)[C@H]1CC[C@@H](OC)CC1. The number of ether oxygens (including phenoxy) is 1. The number of hydrogen-bond donors (Lipinski definition) is 2. The van der Waals surface area contributed by atoms with E-state index in [4.69, 9.17) is 4.74 Å². The third-order valence-corrected chi connectivity index (χ3v) is 7.77. The lowest BCUT2D eigenvalue weighted by molar-refractivity contribution is -0.124. The second-order valence-electron chi connectivity index (χ2n) is 10.6. The van der Waals surface area contributed by atoms with Gasteiger partial charge in [-0.05, 0) is 75.5 Å². The molecule has 6 nitrogen and oxygen atoms in total. The van der Waals surface area contributed by atoms with Crippen molar-refractivity contribution in [1.29, 1.82) is 0 Å². The highest BCUT2D eigenvalue weighted by Crippen LogP contribution is 2.38. The molecular formula is C27H36N4O2. The molecule has 2 aromatic heterocycles. The van der Waals surface area contributed by atoms with Crippen molar-refractivity contribution in [3.63, 3.8) is 0 Å². The fraction of sp³-hybridized carbons (Fsp3) is 0.556. The van der Waals surface area contributed by atoms with Gasteiger partial charge in [0.05, 0.1) is 11.8 Å². The van der Waals surface area contributed by atoms with Crippen LogP contribution >= 0.6 is 0 Å². The summed E-state index contributed by atoms with van der Waals surface area (Å²) in [5.74, 6) is 0.327. The molecule has 0 aliphatic heterocycles. The molecule has 1 fully saturated rings. The van der Waals surface area contributed by atoms with Crippen molar-refractivity contribution in [1.82, 2.24) is 15.2 Å². The number of aromatic nitrogens is 3. The third kappa shape index (κ3) is 4.21. The van der Waals surface area contributed by atoms with Crippen LogP contribution in [0.3, 0.4) is 0 Å². The molecule has 5 rings (SSSR count). The molecule has 6 heteroatoms. The first-order chi connectivity index (χ1) is 15.9. The zero-order chi connectivity index (χ0) is 23.2. The fourth-order valence-corrected chi connectivity index (χ4v) is 5.71. The Kier molecular flexibility index (Phi) is 5.81.